The molecule has 0 saturated carbocycles. The molecule has 1 aromatic heterocycles. The van der Waals surface area contributed by atoms with Crippen LogP contribution < -0.4 is 11.1 Å². The van der Waals surface area contributed by atoms with E-state index in [-0.39, 0.29) is 11.4 Å². The van der Waals surface area contributed by atoms with Crippen molar-refractivity contribution in [2.24, 2.45) is 10.7 Å². The molecule has 0 saturated heterocycles. The Hall–Kier alpha value is -1.86. The number of thioether (sulfide) groups is 1. The highest BCUT2D eigenvalue weighted by atomic mass is 32.2. The predicted octanol–water partition coefficient (Wildman–Crippen LogP) is 3.06. The Bertz CT molecular complexity index is 714. The summed E-state index contributed by atoms with van der Waals surface area (Å²) in [5, 5.41) is 3.52. The van der Waals surface area contributed by atoms with Crippen molar-refractivity contribution >= 4 is 39.9 Å². The summed E-state index contributed by atoms with van der Waals surface area (Å²) in [4.78, 5) is 21.2. The molecular formula is C15H16N4OS2. The normalized spacial score (nSPS) is 21.2. The van der Waals surface area contributed by atoms with Gasteiger partial charge in [0.1, 0.15) is 4.88 Å². The fourth-order valence-electron chi connectivity index (χ4n) is 2.35. The average molecular weight is 332 g/mol. The summed E-state index contributed by atoms with van der Waals surface area (Å²) < 4.78 is 0. The molecule has 2 heterocycles. The molecule has 3 rings (SSSR count). The van der Waals surface area contributed by atoms with Crippen molar-refractivity contribution < 1.29 is 4.79 Å². The number of thiazole rings is 1. The predicted molar refractivity (Wildman–Crippen MR) is 92.6 cm³/mol. The molecule has 5 nitrogen and oxygen atoms in total. The molecule has 1 aliphatic rings. The van der Waals surface area contributed by atoms with E-state index in [1.807, 2.05) is 24.3 Å². The molecule has 1 unspecified atom stereocenters. The Morgan fingerprint density at radius 3 is 3.05 bits per heavy atom. The second kappa shape index (κ2) is 6.10. The molecule has 22 heavy (non-hydrogen) atoms. The van der Waals surface area contributed by atoms with Gasteiger partial charge in [-0.25, -0.2) is 0 Å². The van der Waals surface area contributed by atoms with E-state index in [0.717, 1.165) is 23.4 Å². The largest absolute Gasteiger partial charge is 0.379 e. The molecule has 0 radical (unpaired) electrons. The molecule has 0 aliphatic carbocycles. The van der Waals surface area contributed by atoms with Gasteiger partial charge in [-0.1, -0.05) is 23.9 Å². The molecule has 3 N–H and O–H groups in total. The van der Waals surface area contributed by atoms with Crippen molar-refractivity contribution in [2.75, 3.05) is 11.1 Å². The number of hydrogen-bond donors (Lipinski definition) is 2. The Morgan fingerprint density at radius 1 is 1.45 bits per heavy atom. The minimum absolute atomic E-state index is 0.146. The number of amidine groups is 1. The molecule has 0 bridgehead atoms. The lowest BCUT2D eigenvalue weighted by molar-refractivity contribution is 0.103. The lowest BCUT2D eigenvalue weighted by Gasteiger charge is -2.30. The fourth-order valence-corrected chi connectivity index (χ4v) is 3.84. The van der Waals surface area contributed by atoms with Gasteiger partial charge in [0, 0.05) is 11.4 Å². The van der Waals surface area contributed by atoms with Crippen LogP contribution in [0.15, 0.2) is 41.0 Å². The van der Waals surface area contributed by atoms with Crippen LogP contribution in [0.2, 0.25) is 0 Å². The molecule has 1 amide bonds. The van der Waals surface area contributed by atoms with Crippen LogP contribution >= 0.6 is 23.1 Å². The number of nitrogens with two attached hydrogens (primary N) is 1. The van der Waals surface area contributed by atoms with E-state index in [1.165, 1.54) is 11.3 Å². The first kappa shape index (κ1) is 15.1. The van der Waals surface area contributed by atoms with Crippen LogP contribution in [0.3, 0.4) is 0 Å². The van der Waals surface area contributed by atoms with E-state index < -0.39 is 0 Å². The van der Waals surface area contributed by atoms with Gasteiger partial charge in [0.15, 0.2) is 5.17 Å². The Morgan fingerprint density at radius 2 is 2.32 bits per heavy atom. The van der Waals surface area contributed by atoms with Crippen LogP contribution in [0, 0.1) is 0 Å². The smallest absolute Gasteiger partial charge is 0.267 e. The number of hydrogen-bond acceptors (Lipinski definition) is 6. The quantitative estimate of drug-likeness (QED) is 0.905. The van der Waals surface area contributed by atoms with E-state index in [4.69, 9.17) is 5.73 Å². The van der Waals surface area contributed by atoms with Crippen molar-refractivity contribution in [3.05, 3.63) is 46.4 Å². The number of aliphatic imine (C=N–C) groups is 1. The van der Waals surface area contributed by atoms with Crippen LogP contribution in [0.25, 0.3) is 0 Å². The molecule has 0 fully saturated rings. The van der Waals surface area contributed by atoms with Gasteiger partial charge in [0.2, 0.25) is 0 Å². The third-order valence-corrected chi connectivity index (χ3v) is 5.16. The number of amides is 1. The van der Waals surface area contributed by atoms with Gasteiger partial charge in [0.25, 0.3) is 5.91 Å². The number of nitrogens with one attached hydrogen (secondary N) is 1. The first-order valence-corrected chi connectivity index (χ1v) is 8.72. The maximum absolute atomic E-state index is 12.1. The zero-order valence-electron chi connectivity index (χ0n) is 12.1. The van der Waals surface area contributed by atoms with E-state index in [1.54, 1.807) is 23.5 Å². The highest BCUT2D eigenvalue weighted by Gasteiger charge is 2.29. The third-order valence-electron chi connectivity index (χ3n) is 3.59. The summed E-state index contributed by atoms with van der Waals surface area (Å²) in [6.07, 6.45) is 2.49. The number of aromatic nitrogens is 1. The maximum atomic E-state index is 12.1. The minimum Gasteiger partial charge on any atom is -0.379 e. The summed E-state index contributed by atoms with van der Waals surface area (Å²) in [5.41, 5.74) is 8.99. The van der Waals surface area contributed by atoms with E-state index in [0.29, 0.717) is 10.0 Å². The molecule has 114 valence electrons. The third kappa shape index (κ3) is 3.15. The number of nitrogens with zero attached hydrogens (tertiary/aromatic N) is 2. The van der Waals surface area contributed by atoms with Crippen LogP contribution in [0.4, 0.5) is 5.69 Å². The second-order valence-corrected chi connectivity index (χ2v) is 7.22. The van der Waals surface area contributed by atoms with Gasteiger partial charge in [-0.3, -0.25) is 14.8 Å². The van der Waals surface area contributed by atoms with E-state index in [9.17, 15) is 4.79 Å². The van der Waals surface area contributed by atoms with Crippen molar-refractivity contribution in [1.82, 2.24) is 4.98 Å². The summed E-state index contributed by atoms with van der Waals surface area (Å²) in [6, 6.07) is 7.79. The van der Waals surface area contributed by atoms with Crippen molar-refractivity contribution in [3.63, 3.8) is 0 Å². The van der Waals surface area contributed by atoms with Crippen LogP contribution in [0.1, 0.15) is 28.6 Å². The monoisotopic (exact) mass is 332 g/mol. The maximum Gasteiger partial charge on any atom is 0.267 e. The standard InChI is InChI=1S/C15H16N4OS2/c1-15(5-6-21-14(16)19-15)10-3-2-4-11(7-10)18-13(20)12-8-17-9-22-12/h2-4,7-9H,5-6H2,1H3,(H2,16,19)(H,18,20). The number of anilines is 1. The van der Waals surface area contributed by atoms with E-state index >= 15 is 0 Å². The van der Waals surface area contributed by atoms with Crippen LogP contribution in [-0.4, -0.2) is 21.8 Å². The highest BCUT2D eigenvalue weighted by Crippen LogP contribution is 2.35. The minimum atomic E-state index is -0.333. The summed E-state index contributed by atoms with van der Waals surface area (Å²) >= 11 is 2.90. The SMILES string of the molecule is CC1(c2cccc(NC(=O)c3cncs3)c2)CCSC(N)=N1. The zero-order chi connectivity index (χ0) is 15.6. The van der Waals surface area contributed by atoms with Gasteiger partial charge in [-0.15, -0.1) is 11.3 Å². The van der Waals surface area contributed by atoms with Crippen LogP contribution in [-0.2, 0) is 5.54 Å². The van der Waals surface area contributed by atoms with Gasteiger partial charge in [-0.05, 0) is 31.0 Å². The second-order valence-electron chi connectivity index (χ2n) is 5.22. The van der Waals surface area contributed by atoms with Gasteiger partial charge < -0.3 is 11.1 Å². The molecule has 1 aliphatic heterocycles. The molecule has 1 atom stereocenters. The number of carbonyl (C=O) groups excluding carboxylic acids is 1. The van der Waals surface area contributed by atoms with Crippen molar-refractivity contribution in [2.45, 2.75) is 18.9 Å². The zero-order valence-corrected chi connectivity index (χ0v) is 13.7. The Kier molecular flexibility index (Phi) is 4.17. The van der Waals surface area contributed by atoms with E-state index in [2.05, 4.69) is 22.2 Å². The Balaban J connectivity index is 1.84. The number of carbonyl (C=O) groups is 1. The topological polar surface area (TPSA) is 80.4 Å². The first-order valence-electron chi connectivity index (χ1n) is 6.85. The lowest BCUT2D eigenvalue weighted by Crippen LogP contribution is -2.28. The lowest BCUT2D eigenvalue weighted by atomic mass is 9.89. The molecule has 7 heteroatoms. The highest BCUT2D eigenvalue weighted by molar-refractivity contribution is 8.13. The molecule has 0 spiro atoms. The Labute approximate surface area is 137 Å². The summed E-state index contributed by atoms with van der Waals surface area (Å²) in [5.74, 6) is 0.801. The van der Waals surface area contributed by atoms with Gasteiger partial charge >= 0.3 is 0 Å². The van der Waals surface area contributed by atoms with Crippen molar-refractivity contribution in [1.29, 1.82) is 0 Å². The summed E-state index contributed by atoms with van der Waals surface area (Å²) in [6.45, 7) is 2.07. The molecular weight excluding hydrogens is 316 g/mol. The number of rotatable bonds is 3. The fraction of sp³-hybridized carbons (Fsp3) is 0.267. The number of benzene rings is 1. The summed E-state index contributed by atoms with van der Waals surface area (Å²) in [7, 11) is 0. The molecule has 2 aromatic rings. The first-order chi connectivity index (χ1) is 10.6. The molecule has 1 aromatic carbocycles. The average Bonchev–Trinajstić information content (AvgIpc) is 3.01. The van der Waals surface area contributed by atoms with Crippen molar-refractivity contribution in [3.8, 4) is 0 Å². The van der Waals surface area contributed by atoms with Gasteiger partial charge in [-0.2, -0.15) is 0 Å². The van der Waals surface area contributed by atoms with Crippen LogP contribution in [0.5, 0.6) is 0 Å². The van der Waals surface area contributed by atoms with Gasteiger partial charge in [0.05, 0.1) is 17.2 Å².